The Morgan fingerprint density at radius 2 is 1.90 bits per heavy atom. The highest BCUT2D eigenvalue weighted by Gasteiger charge is 2.05. The topological polar surface area (TPSA) is 69.6 Å². The Balaban J connectivity index is 1.71. The van der Waals surface area contributed by atoms with Gasteiger partial charge in [0.1, 0.15) is 5.03 Å². The van der Waals surface area contributed by atoms with Gasteiger partial charge in [-0.3, -0.25) is 0 Å². The third kappa shape index (κ3) is 2.80. The minimum Gasteiger partial charge on any atom is -0.381 e. The zero-order chi connectivity index (χ0) is 13.8. The predicted octanol–water partition coefficient (Wildman–Crippen LogP) is 2.54. The minimum atomic E-state index is 0.466. The molecule has 0 spiro atoms. The van der Waals surface area contributed by atoms with Gasteiger partial charge in [-0.1, -0.05) is 30.0 Å². The first-order valence-electron chi connectivity index (χ1n) is 6.11. The highest BCUT2D eigenvalue weighted by Crippen LogP contribution is 2.24. The summed E-state index contributed by atoms with van der Waals surface area (Å²) in [6.45, 7) is 0. The Hall–Kier alpha value is -2.34. The standard InChI is InChI=1S/C14H13N5S/c15-13-14(17-7-6-16-13)20-10-11-8-18-19(9-11)12-4-2-1-3-5-12/h1-9H,10H2,(H2,15,16). The van der Waals surface area contributed by atoms with Crippen LogP contribution < -0.4 is 5.73 Å². The summed E-state index contributed by atoms with van der Waals surface area (Å²) < 4.78 is 1.86. The molecule has 0 amide bonds. The van der Waals surface area contributed by atoms with Crippen LogP contribution in [0.3, 0.4) is 0 Å². The largest absolute Gasteiger partial charge is 0.381 e. The van der Waals surface area contributed by atoms with Crippen LogP contribution in [0.2, 0.25) is 0 Å². The molecule has 3 rings (SSSR count). The quantitative estimate of drug-likeness (QED) is 0.745. The van der Waals surface area contributed by atoms with E-state index in [2.05, 4.69) is 15.1 Å². The summed E-state index contributed by atoms with van der Waals surface area (Å²) in [6.07, 6.45) is 7.10. The lowest BCUT2D eigenvalue weighted by Gasteiger charge is -2.01. The number of nitrogen functional groups attached to an aromatic ring is 1. The molecule has 0 aliphatic rings. The van der Waals surface area contributed by atoms with Crippen molar-refractivity contribution in [3.05, 3.63) is 60.7 Å². The molecule has 0 atom stereocenters. The molecular formula is C14H13N5S. The molecule has 0 aliphatic carbocycles. The van der Waals surface area contributed by atoms with Crippen molar-refractivity contribution in [3.63, 3.8) is 0 Å². The Bertz CT molecular complexity index is 696. The van der Waals surface area contributed by atoms with Gasteiger partial charge in [0.15, 0.2) is 5.82 Å². The van der Waals surface area contributed by atoms with E-state index in [1.165, 1.54) is 0 Å². The summed E-state index contributed by atoms with van der Waals surface area (Å²) in [6, 6.07) is 10.0. The van der Waals surface area contributed by atoms with Gasteiger partial charge in [-0.25, -0.2) is 14.6 Å². The highest BCUT2D eigenvalue weighted by molar-refractivity contribution is 7.98. The van der Waals surface area contributed by atoms with Crippen LogP contribution in [-0.4, -0.2) is 19.7 Å². The van der Waals surface area contributed by atoms with Gasteiger partial charge >= 0.3 is 0 Å². The molecule has 0 radical (unpaired) electrons. The average Bonchev–Trinajstić information content (AvgIpc) is 2.96. The minimum absolute atomic E-state index is 0.466. The number of thioether (sulfide) groups is 1. The van der Waals surface area contributed by atoms with E-state index < -0.39 is 0 Å². The number of para-hydroxylation sites is 1. The molecular weight excluding hydrogens is 270 g/mol. The molecule has 100 valence electrons. The third-order valence-corrected chi connectivity index (χ3v) is 3.79. The van der Waals surface area contributed by atoms with Crippen LogP contribution >= 0.6 is 11.8 Å². The highest BCUT2D eigenvalue weighted by atomic mass is 32.2. The summed E-state index contributed by atoms with van der Waals surface area (Å²) in [5.74, 6) is 1.23. The second-order valence-electron chi connectivity index (χ2n) is 4.16. The van der Waals surface area contributed by atoms with Crippen molar-refractivity contribution < 1.29 is 0 Å². The SMILES string of the molecule is Nc1nccnc1SCc1cnn(-c2ccccc2)c1. The zero-order valence-electron chi connectivity index (χ0n) is 10.7. The second kappa shape index (κ2) is 5.75. The maximum Gasteiger partial charge on any atom is 0.156 e. The van der Waals surface area contributed by atoms with Crippen LogP contribution in [0, 0.1) is 0 Å². The Kier molecular flexibility index (Phi) is 3.64. The van der Waals surface area contributed by atoms with Crippen molar-refractivity contribution in [2.45, 2.75) is 10.8 Å². The number of rotatable bonds is 4. The Labute approximate surface area is 120 Å². The summed E-state index contributed by atoms with van der Waals surface area (Å²) in [5, 5.41) is 5.11. The van der Waals surface area contributed by atoms with Gasteiger partial charge < -0.3 is 5.73 Å². The summed E-state index contributed by atoms with van der Waals surface area (Å²) >= 11 is 1.56. The first-order valence-corrected chi connectivity index (χ1v) is 7.10. The smallest absolute Gasteiger partial charge is 0.156 e. The molecule has 0 saturated carbocycles. The number of hydrogen-bond acceptors (Lipinski definition) is 5. The lowest BCUT2D eigenvalue weighted by molar-refractivity contribution is 0.880. The molecule has 2 N–H and O–H groups in total. The molecule has 0 unspecified atom stereocenters. The van der Waals surface area contributed by atoms with Gasteiger partial charge in [-0.05, 0) is 12.1 Å². The maximum absolute atomic E-state index is 5.77. The Morgan fingerprint density at radius 1 is 1.10 bits per heavy atom. The molecule has 2 heterocycles. The normalized spacial score (nSPS) is 10.6. The van der Waals surface area contributed by atoms with Crippen molar-refractivity contribution >= 4 is 17.6 Å². The van der Waals surface area contributed by atoms with Gasteiger partial charge in [-0.15, -0.1) is 0 Å². The van der Waals surface area contributed by atoms with Crippen LogP contribution in [-0.2, 0) is 5.75 Å². The van der Waals surface area contributed by atoms with E-state index in [4.69, 9.17) is 5.73 Å². The van der Waals surface area contributed by atoms with Crippen LogP contribution in [0.25, 0.3) is 5.69 Å². The number of aromatic nitrogens is 4. The van der Waals surface area contributed by atoms with E-state index in [1.807, 2.05) is 47.4 Å². The third-order valence-electron chi connectivity index (χ3n) is 2.72. The van der Waals surface area contributed by atoms with Crippen molar-refractivity contribution in [3.8, 4) is 5.69 Å². The van der Waals surface area contributed by atoms with Gasteiger partial charge in [0.05, 0.1) is 11.9 Å². The summed E-state index contributed by atoms with van der Waals surface area (Å²) in [4.78, 5) is 8.22. The van der Waals surface area contributed by atoms with Crippen molar-refractivity contribution in [1.82, 2.24) is 19.7 Å². The van der Waals surface area contributed by atoms with Crippen LogP contribution in [0.4, 0.5) is 5.82 Å². The fourth-order valence-electron chi connectivity index (χ4n) is 1.76. The molecule has 1 aromatic carbocycles. The number of hydrogen-bond donors (Lipinski definition) is 1. The van der Waals surface area contributed by atoms with E-state index in [1.54, 1.807) is 24.2 Å². The van der Waals surface area contributed by atoms with Gasteiger partial charge in [-0.2, -0.15) is 5.10 Å². The van der Waals surface area contributed by atoms with Gasteiger partial charge in [0.2, 0.25) is 0 Å². The lowest BCUT2D eigenvalue weighted by atomic mass is 10.3. The molecule has 5 nitrogen and oxygen atoms in total. The van der Waals surface area contributed by atoms with E-state index in [0.717, 1.165) is 22.0 Å². The molecule has 0 bridgehead atoms. The fraction of sp³-hybridized carbons (Fsp3) is 0.0714. The second-order valence-corrected chi connectivity index (χ2v) is 5.13. The zero-order valence-corrected chi connectivity index (χ0v) is 11.5. The molecule has 0 aliphatic heterocycles. The molecule has 6 heteroatoms. The molecule has 0 fully saturated rings. The Morgan fingerprint density at radius 3 is 2.70 bits per heavy atom. The van der Waals surface area contributed by atoms with E-state index in [9.17, 15) is 0 Å². The van der Waals surface area contributed by atoms with Crippen molar-refractivity contribution in [2.75, 3.05) is 5.73 Å². The molecule has 2 aromatic heterocycles. The molecule has 3 aromatic rings. The first-order chi connectivity index (χ1) is 9.83. The average molecular weight is 283 g/mol. The van der Waals surface area contributed by atoms with Crippen LogP contribution in [0.1, 0.15) is 5.56 Å². The fourth-order valence-corrected chi connectivity index (χ4v) is 2.54. The number of benzene rings is 1. The van der Waals surface area contributed by atoms with Crippen LogP contribution in [0.15, 0.2) is 60.1 Å². The van der Waals surface area contributed by atoms with Gasteiger partial charge in [0.25, 0.3) is 0 Å². The summed E-state index contributed by atoms with van der Waals surface area (Å²) in [5.41, 5.74) is 7.92. The number of nitrogens with two attached hydrogens (primary N) is 1. The maximum atomic E-state index is 5.77. The predicted molar refractivity (Wildman–Crippen MR) is 79.6 cm³/mol. The van der Waals surface area contributed by atoms with Crippen molar-refractivity contribution in [2.24, 2.45) is 0 Å². The monoisotopic (exact) mass is 283 g/mol. The van der Waals surface area contributed by atoms with E-state index >= 15 is 0 Å². The van der Waals surface area contributed by atoms with Crippen molar-refractivity contribution in [1.29, 1.82) is 0 Å². The van der Waals surface area contributed by atoms with E-state index in [-0.39, 0.29) is 0 Å². The first kappa shape index (κ1) is 12.7. The molecule has 20 heavy (non-hydrogen) atoms. The lowest BCUT2D eigenvalue weighted by Crippen LogP contribution is -1.95. The van der Waals surface area contributed by atoms with E-state index in [0.29, 0.717) is 5.82 Å². The summed E-state index contributed by atoms with van der Waals surface area (Å²) in [7, 11) is 0. The van der Waals surface area contributed by atoms with Gasteiger partial charge in [0, 0.05) is 29.9 Å². The number of nitrogens with zero attached hydrogens (tertiary/aromatic N) is 4. The number of anilines is 1. The van der Waals surface area contributed by atoms with Crippen LogP contribution in [0.5, 0.6) is 0 Å². The molecule has 0 saturated heterocycles.